The summed E-state index contributed by atoms with van der Waals surface area (Å²) in [6, 6.07) is 4.15. The van der Waals surface area contributed by atoms with Crippen LogP contribution >= 0.6 is 0 Å². The largest absolute Gasteiger partial charge is 0.421 e. The van der Waals surface area contributed by atoms with E-state index in [0.717, 1.165) is 37.8 Å². The normalized spacial score (nSPS) is 14.4. The second-order valence-corrected chi connectivity index (χ2v) is 9.48. The summed E-state index contributed by atoms with van der Waals surface area (Å²) in [5.41, 5.74) is 1.31. The van der Waals surface area contributed by atoms with E-state index in [1.165, 1.54) is 18.0 Å². The minimum Gasteiger partial charge on any atom is -0.421 e. The predicted molar refractivity (Wildman–Crippen MR) is 156 cm³/mol. The lowest BCUT2D eigenvalue weighted by Gasteiger charge is -2.27. The summed E-state index contributed by atoms with van der Waals surface area (Å²) < 4.78 is 41.4. The topological polar surface area (TPSA) is 130 Å². The Kier molecular flexibility index (Phi) is 10.1. The van der Waals surface area contributed by atoms with Gasteiger partial charge in [-0.05, 0) is 51.6 Å². The van der Waals surface area contributed by atoms with Crippen molar-refractivity contribution >= 4 is 36.3 Å². The van der Waals surface area contributed by atoms with Crippen LogP contribution in [-0.4, -0.2) is 71.2 Å². The molecule has 11 nitrogen and oxygen atoms in total. The number of aromatic amines is 1. The Morgan fingerprint density at radius 1 is 1.27 bits per heavy atom. The molecule has 0 radical (unpaired) electrons. The molecule has 0 unspecified atom stereocenters. The molecule has 4 rings (SSSR count). The van der Waals surface area contributed by atoms with Crippen LogP contribution in [0.1, 0.15) is 37.1 Å². The smallest absolute Gasteiger partial charge is 0.326 e. The van der Waals surface area contributed by atoms with Gasteiger partial charge in [0.25, 0.3) is 0 Å². The van der Waals surface area contributed by atoms with E-state index < -0.39 is 11.6 Å². The monoisotopic (exact) mass is 567 g/mol. The predicted octanol–water partition coefficient (Wildman–Crippen LogP) is 4.82. The van der Waals surface area contributed by atoms with Crippen molar-refractivity contribution in [2.24, 2.45) is 10.8 Å². The molecule has 0 atom stereocenters. The number of rotatable bonds is 12. The molecule has 0 amide bonds. The van der Waals surface area contributed by atoms with E-state index in [2.05, 4.69) is 42.1 Å². The zero-order valence-corrected chi connectivity index (χ0v) is 23.5. The number of ether oxygens (including phenoxy) is 2. The van der Waals surface area contributed by atoms with Crippen molar-refractivity contribution in [3.63, 3.8) is 0 Å². The van der Waals surface area contributed by atoms with E-state index in [1.54, 1.807) is 19.1 Å². The van der Waals surface area contributed by atoms with Gasteiger partial charge in [-0.25, -0.2) is 14.6 Å². The number of hydrogen-bond acceptors (Lipinski definition) is 10. The number of H-pyrrole nitrogens is 1. The van der Waals surface area contributed by atoms with Crippen LogP contribution in [0.4, 0.5) is 26.2 Å². The molecule has 1 aliphatic rings. The fraction of sp³-hybridized carbons (Fsp3) is 0.357. The van der Waals surface area contributed by atoms with Crippen LogP contribution in [-0.2, 0) is 4.74 Å². The maximum atomic E-state index is 15.5. The Morgan fingerprint density at radius 2 is 2.05 bits per heavy atom. The molecule has 3 heterocycles. The second-order valence-electron chi connectivity index (χ2n) is 9.48. The van der Waals surface area contributed by atoms with Gasteiger partial charge in [0.05, 0.1) is 18.9 Å². The maximum Gasteiger partial charge on any atom is 0.326 e. The standard InChI is InChI=1S/C28H35F2N9O2/c1-5-7-20-15-25(37-36-20)33-24-17-26(39(31)9-6-8-38-10-12-40-13-11-38)35-28(34-24)41-23-16-22(29)19(3)21(27(23)30)14-18(2)32-4/h5,7,14-17H,4,6,8-13,31H2,1-3H3,(H2,33,34,35,36,37)/b7-5+,18-14-. The van der Waals surface area contributed by atoms with Crippen LogP contribution in [0.5, 0.6) is 11.8 Å². The van der Waals surface area contributed by atoms with Crippen molar-refractivity contribution in [2.75, 3.05) is 49.7 Å². The third-order valence-electron chi connectivity index (χ3n) is 6.44. The van der Waals surface area contributed by atoms with Gasteiger partial charge in [-0.15, -0.1) is 0 Å². The van der Waals surface area contributed by atoms with E-state index >= 15 is 4.39 Å². The molecule has 0 bridgehead atoms. The quantitative estimate of drug-likeness (QED) is 0.160. The van der Waals surface area contributed by atoms with E-state index in [1.807, 2.05) is 19.1 Å². The molecule has 13 heteroatoms. The lowest BCUT2D eigenvalue weighted by atomic mass is 10.1. The van der Waals surface area contributed by atoms with Crippen molar-refractivity contribution in [1.82, 2.24) is 25.1 Å². The molecule has 0 aliphatic carbocycles. The Labute approximate surface area is 237 Å². The molecule has 3 aromatic rings. The number of aliphatic imine (C=N–C) groups is 1. The summed E-state index contributed by atoms with van der Waals surface area (Å²) in [6.07, 6.45) is 5.91. The van der Waals surface area contributed by atoms with Crippen LogP contribution < -0.4 is 20.9 Å². The molecule has 0 saturated carbocycles. The molecule has 218 valence electrons. The zero-order chi connectivity index (χ0) is 29.4. The fourth-order valence-electron chi connectivity index (χ4n) is 4.18. The van der Waals surface area contributed by atoms with Gasteiger partial charge in [-0.1, -0.05) is 6.08 Å². The molecule has 4 N–H and O–H groups in total. The number of halogens is 2. The molecule has 41 heavy (non-hydrogen) atoms. The Morgan fingerprint density at radius 3 is 2.78 bits per heavy atom. The van der Waals surface area contributed by atoms with Gasteiger partial charge in [0.2, 0.25) is 0 Å². The van der Waals surface area contributed by atoms with Gasteiger partial charge in [0.1, 0.15) is 11.6 Å². The van der Waals surface area contributed by atoms with Crippen molar-refractivity contribution < 1.29 is 18.3 Å². The maximum absolute atomic E-state index is 15.5. The average Bonchev–Trinajstić information content (AvgIpc) is 3.41. The summed E-state index contributed by atoms with van der Waals surface area (Å²) >= 11 is 0. The van der Waals surface area contributed by atoms with Crippen LogP contribution in [0.25, 0.3) is 12.2 Å². The van der Waals surface area contributed by atoms with E-state index in [4.69, 9.17) is 15.3 Å². The number of nitrogens with one attached hydrogen (secondary N) is 2. The number of morpholine rings is 1. The van der Waals surface area contributed by atoms with Crippen LogP contribution in [0.3, 0.4) is 0 Å². The number of aromatic nitrogens is 4. The van der Waals surface area contributed by atoms with E-state index in [-0.39, 0.29) is 22.9 Å². The van der Waals surface area contributed by atoms with Gasteiger partial charge in [0.15, 0.2) is 23.2 Å². The van der Waals surface area contributed by atoms with Crippen molar-refractivity contribution in [3.05, 3.63) is 58.4 Å². The van der Waals surface area contributed by atoms with Crippen molar-refractivity contribution in [2.45, 2.75) is 27.2 Å². The van der Waals surface area contributed by atoms with E-state index in [0.29, 0.717) is 42.9 Å². The number of hydrogen-bond donors (Lipinski definition) is 3. The number of hydrazine groups is 1. The van der Waals surface area contributed by atoms with Crippen molar-refractivity contribution in [1.29, 1.82) is 0 Å². The van der Waals surface area contributed by atoms with Crippen LogP contribution in [0.2, 0.25) is 0 Å². The third kappa shape index (κ3) is 7.93. The highest BCUT2D eigenvalue weighted by Gasteiger charge is 2.19. The molecule has 1 aliphatic heterocycles. The number of benzene rings is 1. The highest BCUT2D eigenvalue weighted by atomic mass is 19.1. The summed E-state index contributed by atoms with van der Waals surface area (Å²) in [6.45, 7) is 12.9. The number of nitrogens with zero attached hydrogens (tertiary/aromatic N) is 6. The number of anilines is 3. The lowest BCUT2D eigenvalue weighted by Crippen LogP contribution is -2.39. The average molecular weight is 568 g/mol. The van der Waals surface area contributed by atoms with Gasteiger partial charge in [-0.2, -0.15) is 15.1 Å². The first-order valence-corrected chi connectivity index (χ1v) is 13.3. The molecule has 2 aromatic heterocycles. The second kappa shape index (κ2) is 13.9. The first-order chi connectivity index (χ1) is 19.8. The molecular formula is C28H35F2N9O2. The summed E-state index contributed by atoms with van der Waals surface area (Å²) in [7, 11) is 0. The van der Waals surface area contributed by atoms with Crippen LogP contribution in [0, 0.1) is 18.6 Å². The SMILES string of the molecule is C=N/C(C)=C\c1c(C)c(F)cc(Oc2nc(Nc3cc(/C=C/C)[nH]n3)cc(N(N)CCCN3CCOCC3)n2)c1F. The number of allylic oxidation sites excluding steroid dienone is 2. The fourth-order valence-corrected chi connectivity index (χ4v) is 4.18. The molecule has 1 saturated heterocycles. The van der Waals surface area contributed by atoms with Crippen LogP contribution in [0.15, 0.2) is 35.0 Å². The van der Waals surface area contributed by atoms with Gasteiger partial charge < -0.3 is 14.8 Å². The Balaban J connectivity index is 1.62. The molecule has 0 spiro atoms. The summed E-state index contributed by atoms with van der Waals surface area (Å²) in [5.74, 6) is 5.65. The van der Waals surface area contributed by atoms with Crippen molar-refractivity contribution in [3.8, 4) is 11.8 Å². The Hall–Kier alpha value is -4.20. The molecule has 1 aromatic carbocycles. The minimum absolute atomic E-state index is 0.00371. The Bertz CT molecular complexity index is 1420. The lowest BCUT2D eigenvalue weighted by molar-refractivity contribution is 0.0376. The van der Waals surface area contributed by atoms with Gasteiger partial charge >= 0.3 is 6.01 Å². The molecule has 1 fully saturated rings. The number of nitrogens with two attached hydrogens (primary N) is 1. The highest BCUT2D eigenvalue weighted by molar-refractivity contribution is 5.62. The zero-order valence-electron chi connectivity index (χ0n) is 23.5. The minimum atomic E-state index is -0.783. The van der Waals surface area contributed by atoms with E-state index in [9.17, 15) is 4.39 Å². The first kappa shape index (κ1) is 29.8. The summed E-state index contributed by atoms with van der Waals surface area (Å²) in [5, 5.41) is 11.7. The summed E-state index contributed by atoms with van der Waals surface area (Å²) in [4.78, 5) is 14.8. The first-order valence-electron chi connectivity index (χ1n) is 13.3. The highest BCUT2D eigenvalue weighted by Crippen LogP contribution is 2.32. The van der Waals surface area contributed by atoms with Gasteiger partial charge in [-0.3, -0.25) is 20.0 Å². The third-order valence-corrected chi connectivity index (χ3v) is 6.44. The molecular weight excluding hydrogens is 532 g/mol. The van der Waals surface area contributed by atoms with Gasteiger partial charge in [0, 0.05) is 55.6 Å².